The number of aryl methyl sites for hydroxylation is 1. The molecule has 9 heteroatoms. The number of anilines is 1. The van der Waals surface area contributed by atoms with E-state index in [-0.39, 0.29) is 17.6 Å². The molecule has 2 aromatic heterocycles. The van der Waals surface area contributed by atoms with Crippen LogP contribution in [0.2, 0.25) is 0 Å². The van der Waals surface area contributed by atoms with E-state index in [1.807, 2.05) is 25.1 Å². The summed E-state index contributed by atoms with van der Waals surface area (Å²) in [7, 11) is 0. The van der Waals surface area contributed by atoms with Gasteiger partial charge in [-0.1, -0.05) is 41.7 Å². The molecule has 8 nitrogen and oxygen atoms in total. The summed E-state index contributed by atoms with van der Waals surface area (Å²) in [5.41, 5.74) is 6.68. The molecule has 0 bridgehead atoms. The van der Waals surface area contributed by atoms with Crippen LogP contribution in [0.3, 0.4) is 0 Å². The Labute approximate surface area is 162 Å². The second-order valence-corrected chi connectivity index (χ2v) is 7.24. The van der Waals surface area contributed by atoms with Crippen LogP contribution in [0.15, 0.2) is 47.3 Å². The number of carbonyl (C=O) groups excluding carboxylic acids is 2. The zero-order valence-corrected chi connectivity index (χ0v) is 15.6. The lowest BCUT2D eigenvalue weighted by Gasteiger charge is -2.08. The quantitative estimate of drug-likeness (QED) is 0.550. The van der Waals surface area contributed by atoms with Gasteiger partial charge in [-0.3, -0.25) is 14.4 Å². The van der Waals surface area contributed by atoms with Crippen molar-refractivity contribution in [3.8, 4) is 0 Å². The fourth-order valence-corrected chi connectivity index (χ4v) is 3.92. The Balaban J connectivity index is 1.66. The molecule has 140 valence electrons. The number of rotatable bonds is 4. The second kappa shape index (κ2) is 6.86. The summed E-state index contributed by atoms with van der Waals surface area (Å²) in [4.78, 5) is 41.2. The molecule has 0 fully saturated rings. The highest BCUT2D eigenvalue weighted by molar-refractivity contribution is 7.22. The van der Waals surface area contributed by atoms with Crippen LogP contribution < -0.4 is 16.6 Å². The number of thiazole rings is 1. The average Bonchev–Trinajstić information content (AvgIpc) is 3.07. The fourth-order valence-electron chi connectivity index (χ4n) is 2.96. The Morgan fingerprint density at radius 2 is 1.89 bits per heavy atom. The summed E-state index contributed by atoms with van der Waals surface area (Å²) in [6.07, 6.45) is 0. The van der Waals surface area contributed by atoms with E-state index in [9.17, 15) is 14.4 Å². The normalized spacial score (nSPS) is 11.0. The molecule has 0 unspecified atom stereocenters. The number of carbonyl (C=O) groups is 2. The van der Waals surface area contributed by atoms with Crippen molar-refractivity contribution in [2.45, 2.75) is 13.5 Å². The molecule has 0 spiro atoms. The minimum atomic E-state index is -0.771. The van der Waals surface area contributed by atoms with Crippen LogP contribution in [0, 0.1) is 6.92 Å². The summed E-state index contributed by atoms with van der Waals surface area (Å²) in [6, 6.07) is 12.3. The van der Waals surface area contributed by atoms with Crippen molar-refractivity contribution in [1.29, 1.82) is 0 Å². The SMILES string of the molecule is Cc1cccc2sc(NC(=O)Cn3nc(C(N)=O)c4ccccc4c3=O)nc12. The monoisotopic (exact) mass is 393 g/mol. The smallest absolute Gasteiger partial charge is 0.275 e. The molecule has 28 heavy (non-hydrogen) atoms. The molecular formula is C19H15N5O3S. The van der Waals surface area contributed by atoms with Crippen molar-refractivity contribution in [1.82, 2.24) is 14.8 Å². The maximum Gasteiger partial charge on any atom is 0.275 e. The summed E-state index contributed by atoms with van der Waals surface area (Å²) in [6.45, 7) is 1.58. The molecule has 0 radical (unpaired) electrons. The van der Waals surface area contributed by atoms with E-state index < -0.39 is 17.4 Å². The Morgan fingerprint density at radius 3 is 2.61 bits per heavy atom. The second-order valence-electron chi connectivity index (χ2n) is 6.21. The first kappa shape index (κ1) is 17.8. The van der Waals surface area contributed by atoms with E-state index in [0.29, 0.717) is 10.5 Å². The lowest BCUT2D eigenvalue weighted by molar-refractivity contribution is -0.117. The van der Waals surface area contributed by atoms with Crippen LogP contribution in [0.25, 0.3) is 21.0 Å². The Morgan fingerprint density at radius 1 is 1.14 bits per heavy atom. The molecule has 0 aliphatic heterocycles. The molecule has 3 N–H and O–H groups in total. The first-order valence-corrected chi connectivity index (χ1v) is 9.21. The van der Waals surface area contributed by atoms with Crippen LogP contribution in [0.4, 0.5) is 5.13 Å². The van der Waals surface area contributed by atoms with Gasteiger partial charge in [0.1, 0.15) is 6.54 Å². The summed E-state index contributed by atoms with van der Waals surface area (Å²) >= 11 is 1.34. The minimum Gasteiger partial charge on any atom is -0.364 e. The number of nitrogens with one attached hydrogen (secondary N) is 1. The van der Waals surface area contributed by atoms with E-state index in [1.54, 1.807) is 24.3 Å². The third kappa shape index (κ3) is 3.12. The highest BCUT2D eigenvalue weighted by Crippen LogP contribution is 2.27. The van der Waals surface area contributed by atoms with Gasteiger partial charge in [0.05, 0.1) is 15.6 Å². The Kier molecular flexibility index (Phi) is 4.36. The van der Waals surface area contributed by atoms with E-state index in [0.717, 1.165) is 20.5 Å². The molecule has 2 amide bonds. The molecule has 4 aromatic rings. The van der Waals surface area contributed by atoms with Gasteiger partial charge in [0.15, 0.2) is 10.8 Å². The van der Waals surface area contributed by atoms with Gasteiger partial charge in [-0.05, 0) is 24.6 Å². The number of nitrogens with zero attached hydrogens (tertiary/aromatic N) is 3. The maximum absolute atomic E-state index is 12.6. The highest BCUT2D eigenvalue weighted by Gasteiger charge is 2.16. The van der Waals surface area contributed by atoms with Crippen molar-refractivity contribution >= 4 is 49.3 Å². The van der Waals surface area contributed by atoms with Gasteiger partial charge in [-0.15, -0.1) is 0 Å². The molecule has 2 heterocycles. The molecule has 0 aliphatic rings. The third-order valence-corrected chi connectivity index (χ3v) is 5.20. The van der Waals surface area contributed by atoms with E-state index in [2.05, 4.69) is 15.4 Å². The molecule has 0 aliphatic carbocycles. The standard InChI is InChI=1S/C19H15N5O3S/c1-10-5-4-8-13-15(10)22-19(28-13)21-14(25)9-24-18(27)12-7-3-2-6-11(12)16(23-24)17(20)26/h2-8H,9H2,1H3,(H2,20,26)(H,21,22,25). The van der Waals surface area contributed by atoms with E-state index >= 15 is 0 Å². The molecule has 0 saturated carbocycles. The van der Waals surface area contributed by atoms with Crippen molar-refractivity contribution in [3.63, 3.8) is 0 Å². The number of hydrogen-bond acceptors (Lipinski definition) is 6. The Bertz CT molecular complexity index is 1310. The van der Waals surface area contributed by atoms with Crippen molar-refractivity contribution in [3.05, 3.63) is 64.1 Å². The van der Waals surface area contributed by atoms with Gasteiger partial charge >= 0.3 is 0 Å². The molecular weight excluding hydrogens is 378 g/mol. The van der Waals surface area contributed by atoms with Crippen LogP contribution in [0.5, 0.6) is 0 Å². The predicted octanol–water partition coefficient (Wildman–Crippen LogP) is 2.05. The number of fused-ring (bicyclic) bond motifs is 2. The zero-order chi connectivity index (χ0) is 19.8. The number of benzene rings is 2. The zero-order valence-electron chi connectivity index (χ0n) is 14.8. The van der Waals surface area contributed by atoms with Crippen LogP contribution >= 0.6 is 11.3 Å². The van der Waals surface area contributed by atoms with E-state index in [1.165, 1.54) is 11.3 Å². The first-order chi connectivity index (χ1) is 13.4. The summed E-state index contributed by atoms with van der Waals surface area (Å²) in [5.74, 6) is -1.25. The fraction of sp³-hybridized carbons (Fsp3) is 0.105. The number of nitrogens with two attached hydrogens (primary N) is 1. The Hall–Kier alpha value is -3.59. The van der Waals surface area contributed by atoms with Crippen molar-refractivity contribution < 1.29 is 9.59 Å². The number of amides is 2. The number of hydrogen-bond donors (Lipinski definition) is 2. The maximum atomic E-state index is 12.6. The number of primary amides is 1. The van der Waals surface area contributed by atoms with Gasteiger partial charge < -0.3 is 11.1 Å². The summed E-state index contributed by atoms with van der Waals surface area (Å²) < 4.78 is 1.89. The van der Waals surface area contributed by atoms with Crippen molar-refractivity contribution in [2.75, 3.05) is 5.32 Å². The van der Waals surface area contributed by atoms with Gasteiger partial charge in [0, 0.05) is 5.39 Å². The minimum absolute atomic E-state index is 0.0568. The first-order valence-electron chi connectivity index (χ1n) is 8.39. The third-order valence-electron chi connectivity index (χ3n) is 4.26. The lowest BCUT2D eigenvalue weighted by atomic mass is 10.1. The number of aromatic nitrogens is 3. The van der Waals surface area contributed by atoms with Gasteiger partial charge in [-0.25, -0.2) is 9.67 Å². The van der Waals surface area contributed by atoms with Crippen LogP contribution in [-0.2, 0) is 11.3 Å². The van der Waals surface area contributed by atoms with Gasteiger partial charge in [0.2, 0.25) is 5.91 Å². The molecule has 2 aromatic carbocycles. The van der Waals surface area contributed by atoms with Crippen LogP contribution in [0.1, 0.15) is 16.1 Å². The largest absolute Gasteiger partial charge is 0.364 e. The molecule has 0 saturated heterocycles. The van der Waals surface area contributed by atoms with Crippen LogP contribution in [-0.4, -0.2) is 26.6 Å². The number of para-hydroxylation sites is 1. The van der Waals surface area contributed by atoms with Gasteiger partial charge in [-0.2, -0.15) is 5.10 Å². The lowest BCUT2D eigenvalue weighted by Crippen LogP contribution is -2.32. The molecule has 4 rings (SSSR count). The highest BCUT2D eigenvalue weighted by atomic mass is 32.1. The topological polar surface area (TPSA) is 120 Å². The summed E-state index contributed by atoms with van der Waals surface area (Å²) in [5, 5.41) is 7.74. The average molecular weight is 393 g/mol. The molecule has 0 atom stereocenters. The van der Waals surface area contributed by atoms with E-state index in [4.69, 9.17) is 5.73 Å². The van der Waals surface area contributed by atoms with Crippen molar-refractivity contribution in [2.24, 2.45) is 5.73 Å². The van der Waals surface area contributed by atoms with Gasteiger partial charge in [0.25, 0.3) is 11.5 Å². The predicted molar refractivity (Wildman–Crippen MR) is 108 cm³/mol.